The van der Waals surface area contributed by atoms with Crippen LogP contribution in [0.2, 0.25) is 18.1 Å². The van der Waals surface area contributed by atoms with Gasteiger partial charge in [0, 0.05) is 17.1 Å². The molecule has 0 saturated heterocycles. The van der Waals surface area contributed by atoms with E-state index in [1.807, 2.05) is 74.1 Å². The Hall–Kier alpha value is -2.92. The molecule has 3 heterocycles. The maximum atomic E-state index is 12.8. The van der Waals surface area contributed by atoms with Crippen molar-refractivity contribution in [1.29, 1.82) is 0 Å². The van der Waals surface area contributed by atoms with Crippen LogP contribution in [0.1, 0.15) is 72.7 Å². The van der Waals surface area contributed by atoms with Gasteiger partial charge in [0.25, 0.3) is 0 Å². The zero-order valence-corrected chi connectivity index (χ0v) is 27.5. The second-order valence-electron chi connectivity index (χ2n) is 12.8. The summed E-state index contributed by atoms with van der Waals surface area (Å²) in [5.41, 5.74) is 4.06. The summed E-state index contributed by atoms with van der Waals surface area (Å²) in [4.78, 5) is 14.3. The summed E-state index contributed by atoms with van der Waals surface area (Å²) >= 11 is -1.37. The molecule has 0 bridgehead atoms. The fraction of sp³-hybridized carbons (Fsp3) is 0.452. The average Bonchev–Trinajstić information content (AvgIpc) is 3.34. The first kappa shape index (κ1) is 31.0. The zero-order chi connectivity index (χ0) is 30.0. The summed E-state index contributed by atoms with van der Waals surface area (Å²) in [6.07, 6.45) is 5.13. The van der Waals surface area contributed by atoms with Crippen molar-refractivity contribution in [3.63, 3.8) is 0 Å². The lowest BCUT2D eigenvalue weighted by Crippen LogP contribution is -2.40. The molecule has 1 atom stereocenters. The molecule has 0 saturated carbocycles. The summed E-state index contributed by atoms with van der Waals surface area (Å²) in [7, 11) is -1.90. The molecule has 41 heavy (non-hydrogen) atoms. The van der Waals surface area contributed by atoms with Crippen LogP contribution in [0.15, 0.2) is 59.3 Å². The van der Waals surface area contributed by atoms with Crippen LogP contribution in [0.5, 0.6) is 0 Å². The van der Waals surface area contributed by atoms with Gasteiger partial charge in [0.15, 0.2) is 20.0 Å². The number of aromatic nitrogens is 5. The van der Waals surface area contributed by atoms with Gasteiger partial charge in [-0.25, -0.2) is 19.6 Å². The highest BCUT2D eigenvalue weighted by atomic mass is 32.2. The van der Waals surface area contributed by atoms with Crippen molar-refractivity contribution in [2.75, 3.05) is 0 Å². The van der Waals surface area contributed by atoms with Crippen LogP contribution in [-0.2, 0) is 22.4 Å². The molecule has 0 N–H and O–H groups in total. The van der Waals surface area contributed by atoms with E-state index in [1.54, 1.807) is 6.20 Å². The lowest BCUT2D eigenvalue weighted by Gasteiger charge is -2.36. The minimum atomic E-state index is -1.90. The van der Waals surface area contributed by atoms with Crippen molar-refractivity contribution in [3.05, 3.63) is 66.2 Å². The van der Waals surface area contributed by atoms with Crippen LogP contribution in [0.3, 0.4) is 0 Å². The normalized spacial score (nSPS) is 14.0. The van der Waals surface area contributed by atoms with E-state index >= 15 is 0 Å². The largest absolute Gasteiger partial charge is 0.591 e. The Morgan fingerprint density at radius 3 is 2.49 bits per heavy atom. The van der Waals surface area contributed by atoms with Crippen LogP contribution in [0.25, 0.3) is 28.1 Å². The Morgan fingerprint density at radius 2 is 1.80 bits per heavy atom. The molecule has 8 nitrogen and oxygen atoms in total. The Kier molecular flexibility index (Phi) is 9.18. The number of hydrogen-bond donors (Lipinski definition) is 0. The highest BCUT2D eigenvalue weighted by Gasteiger charge is 2.37. The molecule has 0 amide bonds. The highest BCUT2D eigenvalue weighted by Crippen LogP contribution is 2.37. The predicted octanol–water partition coefficient (Wildman–Crippen LogP) is 7.45. The van der Waals surface area contributed by atoms with Crippen LogP contribution in [0, 0.1) is 0 Å². The van der Waals surface area contributed by atoms with E-state index in [1.165, 1.54) is 0 Å². The summed E-state index contributed by atoms with van der Waals surface area (Å²) in [6, 6.07) is 13.8. The molecule has 0 aliphatic heterocycles. The molecule has 0 aliphatic rings. The summed E-state index contributed by atoms with van der Waals surface area (Å²) in [5, 5.41) is 5.76. The van der Waals surface area contributed by atoms with Crippen molar-refractivity contribution in [2.24, 2.45) is 4.40 Å². The SMILES string of the molecule is CCC/C(=N/[S+]([O-])C(C)(C)C)c1ccnc(-c2ccc3cnn(-c4cccc(CO[Si](C)(C)C(C)(C)C)n4)c3c2)n1. The van der Waals surface area contributed by atoms with E-state index in [0.717, 1.165) is 40.1 Å². The van der Waals surface area contributed by atoms with Gasteiger partial charge in [-0.1, -0.05) is 56.7 Å². The van der Waals surface area contributed by atoms with E-state index in [4.69, 9.17) is 14.4 Å². The standard InChI is InChI=1S/C31H42N6O2SSi/c1-10-12-26(36-40(38)30(2,3)4)25-17-18-32-29(35-25)22-15-16-23-20-33-37(27(23)19-22)28-14-11-13-24(34-28)21-39-41(8,9)31(5,6)7/h11,13-20H,10,12,21H2,1-9H3/b36-26-. The smallest absolute Gasteiger partial charge is 0.192 e. The first-order valence-electron chi connectivity index (χ1n) is 14.1. The first-order valence-corrected chi connectivity index (χ1v) is 18.1. The quantitative estimate of drug-likeness (QED) is 0.114. The molecule has 0 aliphatic carbocycles. The third kappa shape index (κ3) is 7.30. The van der Waals surface area contributed by atoms with E-state index in [2.05, 4.69) is 55.3 Å². The van der Waals surface area contributed by atoms with E-state index in [-0.39, 0.29) is 5.04 Å². The van der Waals surface area contributed by atoms with Gasteiger partial charge in [-0.2, -0.15) is 5.10 Å². The van der Waals surface area contributed by atoms with Gasteiger partial charge >= 0.3 is 0 Å². The van der Waals surface area contributed by atoms with Crippen LogP contribution < -0.4 is 0 Å². The highest BCUT2D eigenvalue weighted by molar-refractivity contribution is 7.91. The molecule has 1 unspecified atom stereocenters. The van der Waals surface area contributed by atoms with Gasteiger partial charge in [0.2, 0.25) is 0 Å². The van der Waals surface area contributed by atoms with Crippen LogP contribution in [0.4, 0.5) is 0 Å². The van der Waals surface area contributed by atoms with Gasteiger partial charge in [0.05, 0.1) is 29.7 Å². The second-order valence-corrected chi connectivity index (χ2v) is 19.5. The van der Waals surface area contributed by atoms with Crippen LogP contribution >= 0.6 is 0 Å². The summed E-state index contributed by atoms with van der Waals surface area (Å²) in [6.45, 7) is 19.5. The monoisotopic (exact) mass is 590 g/mol. The third-order valence-electron chi connectivity index (χ3n) is 7.38. The van der Waals surface area contributed by atoms with E-state index in [9.17, 15) is 4.55 Å². The number of benzene rings is 1. The first-order chi connectivity index (χ1) is 19.2. The Morgan fingerprint density at radius 1 is 1.05 bits per heavy atom. The Balaban J connectivity index is 1.66. The van der Waals surface area contributed by atoms with Crippen molar-refractivity contribution < 1.29 is 8.98 Å². The van der Waals surface area contributed by atoms with Crippen molar-refractivity contribution in [1.82, 2.24) is 24.7 Å². The van der Waals surface area contributed by atoms with Gasteiger partial charge in [-0.05, 0) is 69.6 Å². The van der Waals surface area contributed by atoms with E-state index < -0.39 is 24.4 Å². The second kappa shape index (κ2) is 12.1. The van der Waals surface area contributed by atoms with Crippen molar-refractivity contribution >= 4 is 36.3 Å². The van der Waals surface area contributed by atoms with E-state index in [0.29, 0.717) is 24.5 Å². The van der Waals surface area contributed by atoms with Gasteiger partial charge in [-0.15, -0.1) is 0 Å². The number of rotatable bonds is 9. The topological polar surface area (TPSA) is 101 Å². The molecule has 10 heteroatoms. The lowest BCUT2D eigenvalue weighted by atomic mass is 10.1. The minimum absolute atomic E-state index is 0.130. The van der Waals surface area contributed by atoms with Crippen molar-refractivity contribution in [2.45, 2.75) is 90.8 Å². The third-order valence-corrected chi connectivity index (χ3v) is 13.3. The van der Waals surface area contributed by atoms with Gasteiger partial charge in [0.1, 0.15) is 21.8 Å². The molecule has 4 rings (SSSR count). The number of pyridine rings is 1. The average molecular weight is 591 g/mol. The minimum Gasteiger partial charge on any atom is -0.591 e. The Bertz CT molecular complexity index is 1540. The summed E-state index contributed by atoms with van der Waals surface area (Å²) < 4.78 is 25.1. The fourth-order valence-corrected chi connectivity index (χ4v) is 5.43. The van der Waals surface area contributed by atoms with Crippen LogP contribution in [-0.4, -0.2) is 48.1 Å². The maximum absolute atomic E-state index is 12.8. The number of nitrogens with zero attached hydrogens (tertiary/aromatic N) is 6. The molecule has 3 aromatic heterocycles. The maximum Gasteiger partial charge on any atom is 0.192 e. The van der Waals surface area contributed by atoms with Gasteiger partial charge in [-0.3, -0.25) is 0 Å². The van der Waals surface area contributed by atoms with Crippen molar-refractivity contribution in [3.8, 4) is 17.2 Å². The lowest BCUT2D eigenvalue weighted by molar-refractivity contribution is 0.272. The molecule has 4 aromatic rings. The molecule has 218 valence electrons. The molecular weight excluding hydrogens is 549 g/mol. The molecular formula is C31H42N6O2SSi. The molecule has 0 radical (unpaired) electrons. The molecule has 1 aromatic carbocycles. The predicted molar refractivity (Wildman–Crippen MR) is 171 cm³/mol. The fourth-order valence-electron chi connectivity index (χ4n) is 3.83. The molecule has 0 fully saturated rings. The molecule has 0 spiro atoms. The number of hydrogen-bond acceptors (Lipinski definition) is 7. The number of fused-ring (bicyclic) bond motifs is 1. The zero-order valence-electron chi connectivity index (χ0n) is 25.7. The summed E-state index contributed by atoms with van der Waals surface area (Å²) in [5.74, 6) is 1.30. The van der Waals surface area contributed by atoms with Gasteiger partial charge < -0.3 is 8.98 Å². The Labute approximate surface area is 248 Å².